The molecule has 20 heavy (non-hydrogen) atoms. The number of nitrogens with zero attached hydrogens (tertiary/aromatic N) is 2. The van der Waals surface area contributed by atoms with E-state index in [0.717, 1.165) is 11.3 Å². The number of allylic oxidation sites excluding steroid dienone is 1. The van der Waals surface area contributed by atoms with Crippen LogP contribution in [0.25, 0.3) is 6.08 Å². The van der Waals surface area contributed by atoms with Crippen molar-refractivity contribution in [3.05, 3.63) is 65.8 Å². The molecule has 0 N–H and O–H groups in total. The molecule has 2 aromatic rings. The first-order chi connectivity index (χ1) is 9.67. The summed E-state index contributed by atoms with van der Waals surface area (Å²) < 4.78 is 0. The molecule has 0 amide bonds. The molecule has 0 saturated heterocycles. The topological polar surface area (TPSA) is 77.0 Å². The summed E-state index contributed by atoms with van der Waals surface area (Å²) in [5.74, 6) is -0.0261. The van der Waals surface area contributed by atoms with Crippen molar-refractivity contribution in [1.29, 1.82) is 0 Å². The number of ketones is 1. The van der Waals surface area contributed by atoms with Crippen LogP contribution >= 0.6 is 0 Å². The van der Waals surface area contributed by atoms with Gasteiger partial charge in [-0.25, -0.2) is 0 Å². The Balaban J connectivity index is 0.000000612. The lowest BCUT2D eigenvalue weighted by molar-refractivity contribution is -0.191. The number of hydrogen-bond acceptors (Lipinski definition) is 5. The zero-order chi connectivity index (χ0) is 14.8. The number of carbonyl (C=O) groups excluding carboxylic acids is 3. The Labute approximate surface area is 116 Å². The maximum atomic E-state index is 11.8. The molecule has 0 aromatic carbocycles. The minimum Gasteiger partial charge on any atom is -0.289 e. The second kappa shape index (κ2) is 8.24. The van der Waals surface area contributed by atoms with E-state index < -0.39 is 0 Å². The van der Waals surface area contributed by atoms with Crippen molar-refractivity contribution < 1.29 is 14.4 Å². The normalized spacial score (nSPS) is 9.45. The lowest BCUT2D eigenvalue weighted by Crippen LogP contribution is -1.93. The van der Waals surface area contributed by atoms with Gasteiger partial charge in [0.1, 0.15) is 0 Å². The summed E-state index contributed by atoms with van der Waals surface area (Å²) in [7, 11) is 0. The Morgan fingerprint density at radius 1 is 1.15 bits per heavy atom. The van der Waals surface area contributed by atoms with Crippen LogP contribution in [-0.4, -0.2) is 21.9 Å². The van der Waals surface area contributed by atoms with E-state index in [4.69, 9.17) is 9.59 Å². The standard InChI is InChI=1S/C14H12N2O.CO2/c1-11-10-12(4-9-16-11)2-3-14(17)13-5-7-15-8-6-13;2-1-3/h2-10H,1H3;/b3-2-;. The molecular weight excluding hydrogens is 256 g/mol. The van der Waals surface area contributed by atoms with Crippen molar-refractivity contribution in [2.45, 2.75) is 6.92 Å². The molecule has 5 heteroatoms. The monoisotopic (exact) mass is 268 g/mol. The summed E-state index contributed by atoms with van der Waals surface area (Å²) in [6, 6.07) is 7.19. The lowest BCUT2D eigenvalue weighted by Gasteiger charge is -1.95. The van der Waals surface area contributed by atoms with Gasteiger partial charge >= 0.3 is 6.15 Å². The molecule has 0 saturated carbocycles. The molecule has 5 nitrogen and oxygen atoms in total. The van der Waals surface area contributed by atoms with E-state index in [-0.39, 0.29) is 11.9 Å². The summed E-state index contributed by atoms with van der Waals surface area (Å²) in [5, 5.41) is 0. The van der Waals surface area contributed by atoms with Gasteiger partial charge in [-0.15, -0.1) is 0 Å². The average molecular weight is 268 g/mol. The molecule has 0 bridgehead atoms. The van der Waals surface area contributed by atoms with Gasteiger partial charge in [-0.05, 0) is 42.8 Å². The first kappa shape index (κ1) is 15.1. The first-order valence-electron chi connectivity index (χ1n) is 5.71. The second-order valence-electron chi connectivity index (χ2n) is 3.75. The van der Waals surface area contributed by atoms with Gasteiger partial charge in [-0.3, -0.25) is 14.8 Å². The summed E-state index contributed by atoms with van der Waals surface area (Å²) in [5.41, 5.74) is 2.55. The van der Waals surface area contributed by atoms with Crippen LogP contribution in [0, 0.1) is 6.92 Å². The van der Waals surface area contributed by atoms with E-state index in [1.807, 2.05) is 19.1 Å². The highest BCUT2D eigenvalue weighted by Gasteiger charge is 1.99. The predicted molar refractivity (Wildman–Crippen MR) is 71.6 cm³/mol. The third kappa shape index (κ3) is 5.16. The quantitative estimate of drug-likeness (QED) is 0.629. The van der Waals surface area contributed by atoms with Crippen LogP contribution in [0.4, 0.5) is 0 Å². The summed E-state index contributed by atoms with van der Waals surface area (Å²) in [4.78, 5) is 36.0. The van der Waals surface area contributed by atoms with Gasteiger partial charge in [0.2, 0.25) is 0 Å². The van der Waals surface area contributed by atoms with Crippen molar-refractivity contribution in [3.63, 3.8) is 0 Å². The molecule has 0 spiro atoms. The van der Waals surface area contributed by atoms with Gasteiger partial charge in [-0.2, -0.15) is 9.59 Å². The van der Waals surface area contributed by atoms with Crippen LogP contribution in [0.15, 0.2) is 48.9 Å². The van der Waals surface area contributed by atoms with E-state index in [0.29, 0.717) is 5.56 Å². The minimum atomic E-state index is -0.0261. The number of hydrogen-bond donors (Lipinski definition) is 0. The lowest BCUT2D eigenvalue weighted by atomic mass is 10.1. The number of carbonyl (C=O) groups is 1. The molecule has 2 aromatic heterocycles. The predicted octanol–water partition coefficient (Wildman–Crippen LogP) is 2.10. The van der Waals surface area contributed by atoms with Crippen LogP contribution in [0.1, 0.15) is 21.6 Å². The van der Waals surface area contributed by atoms with Gasteiger partial charge in [-0.1, -0.05) is 6.08 Å². The van der Waals surface area contributed by atoms with Crippen molar-refractivity contribution in [1.82, 2.24) is 9.97 Å². The number of aromatic nitrogens is 2. The van der Waals surface area contributed by atoms with Crippen molar-refractivity contribution in [2.24, 2.45) is 0 Å². The van der Waals surface area contributed by atoms with Crippen molar-refractivity contribution >= 4 is 18.0 Å². The molecule has 0 atom stereocenters. The largest absolute Gasteiger partial charge is 0.373 e. The Morgan fingerprint density at radius 2 is 1.80 bits per heavy atom. The SMILES string of the molecule is Cc1cc(/C=C\C(=O)c2ccncc2)ccn1.O=C=O. The smallest absolute Gasteiger partial charge is 0.289 e. The van der Waals surface area contributed by atoms with Crippen molar-refractivity contribution in [2.75, 3.05) is 0 Å². The highest BCUT2D eigenvalue weighted by atomic mass is 16.2. The van der Waals surface area contributed by atoms with Crippen molar-refractivity contribution in [3.8, 4) is 0 Å². The van der Waals surface area contributed by atoms with Gasteiger partial charge < -0.3 is 0 Å². The summed E-state index contributed by atoms with van der Waals surface area (Å²) >= 11 is 0. The molecule has 2 rings (SSSR count). The Kier molecular flexibility index (Phi) is 6.24. The van der Waals surface area contributed by atoms with E-state index in [1.54, 1.807) is 42.9 Å². The zero-order valence-corrected chi connectivity index (χ0v) is 10.8. The van der Waals surface area contributed by atoms with E-state index >= 15 is 0 Å². The maximum Gasteiger partial charge on any atom is 0.373 e. The van der Waals surface area contributed by atoms with Crippen LogP contribution in [0.2, 0.25) is 0 Å². The third-order valence-electron chi connectivity index (χ3n) is 2.31. The zero-order valence-electron chi connectivity index (χ0n) is 10.8. The van der Waals surface area contributed by atoms with E-state index in [9.17, 15) is 4.79 Å². The Morgan fingerprint density at radius 3 is 2.40 bits per heavy atom. The molecule has 0 radical (unpaired) electrons. The van der Waals surface area contributed by atoms with E-state index in [2.05, 4.69) is 9.97 Å². The first-order valence-corrected chi connectivity index (χ1v) is 5.71. The van der Waals surface area contributed by atoms with Crippen LogP contribution in [0.5, 0.6) is 0 Å². The molecule has 0 aliphatic rings. The molecule has 0 aliphatic carbocycles. The van der Waals surface area contributed by atoms with Crippen LogP contribution in [-0.2, 0) is 9.59 Å². The molecule has 100 valence electrons. The number of rotatable bonds is 3. The fourth-order valence-corrected chi connectivity index (χ4v) is 1.46. The number of aryl methyl sites for hydroxylation is 1. The van der Waals surface area contributed by atoms with Crippen LogP contribution < -0.4 is 0 Å². The van der Waals surface area contributed by atoms with Gasteiger partial charge in [0.25, 0.3) is 0 Å². The van der Waals surface area contributed by atoms with E-state index in [1.165, 1.54) is 0 Å². The Bertz CT molecular complexity index is 631. The maximum absolute atomic E-state index is 11.8. The van der Waals surface area contributed by atoms with Gasteiger partial charge in [0.05, 0.1) is 0 Å². The summed E-state index contributed by atoms with van der Waals surface area (Å²) in [6.45, 7) is 1.92. The molecule has 0 aliphatic heterocycles. The third-order valence-corrected chi connectivity index (χ3v) is 2.31. The van der Waals surface area contributed by atoms with Crippen LogP contribution in [0.3, 0.4) is 0 Å². The fraction of sp³-hybridized carbons (Fsp3) is 0.0667. The highest BCUT2D eigenvalue weighted by Crippen LogP contribution is 2.05. The minimum absolute atomic E-state index is 0.0261. The van der Waals surface area contributed by atoms with Gasteiger partial charge in [0.15, 0.2) is 5.78 Å². The molecule has 0 fully saturated rings. The number of pyridine rings is 2. The molecular formula is C15H12N2O3. The Hall–Kier alpha value is -2.91. The summed E-state index contributed by atoms with van der Waals surface area (Å²) in [6.07, 6.45) is 8.54. The fourth-order valence-electron chi connectivity index (χ4n) is 1.46. The molecule has 0 unspecified atom stereocenters. The molecule has 2 heterocycles. The second-order valence-corrected chi connectivity index (χ2v) is 3.75. The average Bonchev–Trinajstić information content (AvgIpc) is 2.47. The highest BCUT2D eigenvalue weighted by molar-refractivity contribution is 6.06. The van der Waals surface area contributed by atoms with Gasteiger partial charge in [0, 0.05) is 29.8 Å².